The van der Waals surface area contributed by atoms with Crippen molar-refractivity contribution in [1.29, 1.82) is 0 Å². The van der Waals surface area contributed by atoms with Gasteiger partial charge in [0.2, 0.25) is 5.88 Å². The number of nitrogens with one attached hydrogen (secondary N) is 1. The summed E-state index contributed by atoms with van der Waals surface area (Å²) in [6.45, 7) is 0.801. The van der Waals surface area contributed by atoms with Gasteiger partial charge in [-0.2, -0.15) is 13.2 Å². The van der Waals surface area contributed by atoms with Crippen molar-refractivity contribution in [2.24, 2.45) is 10.7 Å². The van der Waals surface area contributed by atoms with Gasteiger partial charge in [0, 0.05) is 12.3 Å². The van der Waals surface area contributed by atoms with Crippen LogP contribution in [0.25, 0.3) is 0 Å². The van der Waals surface area contributed by atoms with E-state index in [0.29, 0.717) is 24.6 Å². The Bertz CT molecular complexity index is 796. The second-order valence-corrected chi connectivity index (χ2v) is 5.55. The van der Waals surface area contributed by atoms with E-state index in [-0.39, 0.29) is 18.4 Å². The number of aromatic nitrogens is 1. The monoisotopic (exact) mass is 398 g/mol. The van der Waals surface area contributed by atoms with Crippen LogP contribution in [0.1, 0.15) is 11.1 Å². The van der Waals surface area contributed by atoms with Crippen LogP contribution in [0.3, 0.4) is 0 Å². The van der Waals surface area contributed by atoms with Crippen LogP contribution in [0.4, 0.5) is 13.2 Å². The number of aliphatic imine (C=N–C) groups is 1. The molecule has 0 spiro atoms. The Hall–Kier alpha value is -3.17. The molecule has 2 rings (SSSR count). The van der Waals surface area contributed by atoms with E-state index in [1.165, 1.54) is 0 Å². The molecule has 0 aliphatic heterocycles. The quantitative estimate of drug-likeness (QED) is 0.404. The molecule has 1 heterocycles. The van der Waals surface area contributed by atoms with Gasteiger partial charge in [0.25, 0.3) is 0 Å². The lowest BCUT2D eigenvalue weighted by molar-refractivity contribution is -0.137. The van der Waals surface area contributed by atoms with Gasteiger partial charge < -0.3 is 25.3 Å². The number of ether oxygens (including phenoxy) is 3. The fourth-order valence-corrected chi connectivity index (χ4v) is 2.18. The maximum Gasteiger partial charge on any atom is 0.417 e. The number of benzene rings is 1. The average molecular weight is 398 g/mol. The zero-order valence-electron chi connectivity index (χ0n) is 15.4. The third kappa shape index (κ3) is 6.22. The number of hydrogen-bond acceptors (Lipinski definition) is 5. The first-order chi connectivity index (χ1) is 13.3. The summed E-state index contributed by atoms with van der Waals surface area (Å²) in [6, 6.07) is 7.50. The summed E-state index contributed by atoms with van der Waals surface area (Å²) in [5, 5.41) is 2.85. The predicted octanol–water partition coefficient (Wildman–Crippen LogP) is 2.60. The van der Waals surface area contributed by atoms with Crippen LogP contribution in [-0.2, 0) is 12.7 Å². The second kappa shape index (κ2) is 9.67. The summed E-state index contributed by atoms with van der Waals surface area (Å²) in [5.41, 5.74) is 5.84. The molecule has 152 valence electrons. The SMILES string of the molecule is COc1ccc(CN=C(N)NCCOc2ccc(C(F)(F)F)cn2)cc1OC. The van der Waals surface area contributed by atoms with Crippen LogP contribution in [0, 0.1) is 0 Å². The smallest absolute Gasteiger partial charge is 0.417 e. The molecule has 0 saturated carbocycles. The molecule has 0 bridgehead atoms. The van der Waals surface area contributed by atoms with E-state index in [1.54, 1.807) is 26.4 Å². The van der Waals surface area contributed by atoms with Crippen LogP contribution in [0.2, 0.25) is 0 Å². The number of methoxy groups -OCH3 is 2. The fourth-order valence-electron chi connectivity index (χ4n) is 2.18. The van der Waals surface area contributed by atoms with E-state index in [1.807, 2.05) is 6.07 Å². The Morgan fingerprint density at radius 1 is 1.14 bits per heavy atom. The molecular formula is C18H21F3N4O3. The summed E-state index contributed by atoms with van der Waals surface area (Å²) >= 11 is 0. The Morgan fingerprint density at radius 3 is 2.50 bits per heavy atom. The molecular weight excluding hydrogens is 377 g/mol. The summed E-state index contributed by atoms with van der Waals surface area (Å²) in [7, 11) is 3.10. The molecule has 7 nitrogen and oxygen atoms in total. The third-order valence-corrected chi connectivity index (χ3v) is 3.60. The molecule has 0 amide bonds. The van der Waals surface area contributed by atoms with Gasteiger partial charge in [-0.3, -0.25) is 0 Å². The van der Waals surface area contributed by atoms with Crippen LogP contribution in [-0.4, -0.2) is 38.3 Å². The molecule has 28 heavy (non-hydrogen) atoms. The molecule has 0 radical (unpaired) electrons. The maximum atomic E-state index is 12.5. The molecule has 0 atom stereocenters. The lowest BCUT2D eigenvalue weighted by Crippen LogP contribution is -2.34. The topological polar surface area (TPSA) is 91.0 Å². The van der Waals surface area contributed by atoms with Crippen molar-refractivity contribution in [2.75, 3.05) is 27.4 Å². The molecule has 1 aromatic carbocycles. The van der Waals surface area contributed by atoms with Crippen molar-refractivity contribution in [2.45, 2.75) is 12.7 Å². The Labute approximate surface area is 160 Å². The van der Waals surface area contributed by atoms with Crippen molar-refractivity contribution in [3.8, 4) is 17.4 Å². The lowest BCUT2D eigenvalue weighted by atomic mass is 10.2. The van der Waals surface area contributed by atoms with Crippen molar-refractivity contribution in [1.82, 2.24) is 10.3 Å². The average Bonchev–Trinajstić information content (AvgIpc) is 2.69. The molecule has 0 aliphatic rings. The molecule has 0 aliphatic carbocycles. The highest BCUT2D eigenvalue weighted by atomic mass is 19.4. The van der Waals surface area contributed by atoms with Gasteiger partial charge in [0.15, 0.2) is 17.5 Å². The highest BCUT2D eigenvalue weighted by molar-refractivity contribution is 5.77. The largest absolute Gasteiger partial charge is 0.493 e. The summed E-state index contributed by atoms with van der Waals surface area (Å²) < 4.78 is 53.0. The molecule has 3 N–H and O–H groups in total. The third-order valence-electron chi connectivity index (χ3n) is 3.60. The molecule has 2 aromatic rings. The zero-order chi connectivity index (χ0) is 20.6. The van der Waals surface area contributed by atoms with Gasteiger partial charge in [-0.25, -0.2) is 9.98 Å². The summed E-state index contributed by atoms with van der Waals surface area (Å²) in [4.78, 5) is 7.81. The fraction of sp³-hybridized carbons (Fsp3) is 0.333. The van der Waals surface area contributed by atoms with Crippen LogP contribution < -0.4 is 25.3 Å². The van der Waals surface area contributed by atoms with Gasteiger partial charge in [-0.15, -0.1) is 0 Å². The minimum atomic E-state index is -4.42. The first-order valence-electron chi connectivity index (χ1n) is 8.24. The van der Waals surface area contributed by atoms with E-state index in [4.69, 9.17) is 19.9 Å². The minimum absolute atomic E-state index is 0.0932. The van der Waals surface area contributed by atoms with Gasteiger partial charge in [0.1, 0.15) is 6.61 Å². The highest BCUT2D eigenvalue weighted by Gasteiger charge is 2.30. The van der Waals surface area contributed by atoms with Crippen molar-refractivity contribution >= 4 is 5.96 Å². The van der Waals surface area contributed by atoms with E-state index in [0.717, 1.165) is 23.9 Å². The summed E-state index contributed by atoms with van der Waals surface area (Å²) in [5.74, 6) is 1.52. The predicted molar refractivity (Wildman–Crippen MR) is 97.6 cm³/mol. The number of halogens is 3. The molecule has 0 saturated heterocycles. The van der Waals surface area contributed by atoms with E-state index < -0.39 is 11.7 Å². The second-order valence-electron chi connectivity index (χ2n) is 5.55. The number of nitrogens with zero attached hydrogens (tertiary/aromatic N) is 2. The molecule has 0 fully saturated rings. The number of pyridine rings is 1. The maximum absolute atomic E-state index is 12.5. The van der Waals surface area contributed by atoms with E-state index in [2.05, 4.69) is 15.3 Å². The number of nitrogens with two attached hydrogens (primary N) is 1. The lowest BCUT2D eigenvalue weighted by Gasteiger charge is -2.10. The Balaban J connectivity index is 1.77. The van der Waals surface area contributed by atoms with Gasteiger partial charge in [-0.05, 0) is 23.8 Å². The van der Waals surface area contributed by atoms with Gasteiger partial charge >= 0.3 is 6.18 Å². The van der Waals surface area contributed by atoms with Gasteiger partial charge in [0.05, 0.1) is 32.9 Å². The van der Waals surface area contributed by atoms with Crippen molar-refractivity contribution in [3.63, 3.8) is 0 Å². The first kappa shape index (κ1) is 21.1. The van der Waals surface area contributed by atoms with Crippen molar-refractivity contribution < 1.29 is 27.4 Å². The number of hydrogen-bond donors (Lipinski definition) is 2. The standard InChI is InChI=1S/C18H21F3N4O3/c1-26-14-5-3-12(9-15(14)27-2)10-25-17(22)23-7-8-28-16-6-4-13(11-24-16)18(19,20)21/h3-6,9,11H,7-8,10H2,1-2H3,(H3,22,23,25). The number of rotatable bonds is 8. The van der Waals surface area contributed by atoms with E-state index in [9.17, 15) is 13.2 Å². The summed E-state index contributed by atoms with van der Waals surface area (Å²) in [6.07, 6.45) is -3.70. The van der Waals surface area contributed by atoms with Gasteiger partial charge in [-0.1, -0.05) is 6.07 Å². The molecule has 10 heteroatoms. The molecule has 0 unspecified atom stereocenters. The Kier molecular flexibility index (Phi) is 7.30. The highest BCUT2D eigenvalue weighted by Crippen LogP contribution is 2.29. The molecule has 1 aromatic heterocycles. The number of guanidine groups is 1. The van der Waals surface area contributed by atoms with Crippen molar-refractivity contribution in [3.05, 3.63) is 47.7 Å². The van der Waals surface area contributed by atoms with E-state index >= 15 is 0 Å². The zero-order valence-corrected chi connectivity index (χ0v) is 15.4. The van der Waals surface area contributed by atoms with Crippen LogP contribution in [0.15, 0.2) is 41.5 Å². The van der Waals surface area contributed by atoms with Crippen LogP contribution >= 0.6 is 0 Å². The minimum Gasteiger partial charge on any atom is -0.493 e. The number of alkyl halides is 3. The van der Waals surface area contributed by atoms with Crippen LogP contribution in [0.5, 0.6) is 17.4 Å². The first-order valence-corrected chi connectivity index (χ1v) is 8.24. The normalized spacial score (nSPS) is 11.8. The Morgan fingerprint density at radius 2 is 1.89 bits per heavy atom.